The minimum Gasteiger partial charge on any atom is -0.508 e. The molecule has 0 fully saturated rings. The number of carbonyl (C=O) groups is 1. The second kappa shape index (κ2) is 8.29. The number of phenols is 1. The normalized spacial score (nSPS) is 11.4. The molecular formula is C19H16F4N4O2. The summed E-state index contributed by atoms with van der Waals surface area (Å²) in [6.45, 7) is 0.115. The van der Waals surface area contributed by atoms with Crippen LogP contribution >= 0.6 is 0 Å². The lowest BCUT2D eigenvalue weighted by Gasteiger charge is -2.11. The van der Waals surface area contributed by atoms with Crippen molar-refractivity contribution in [2.45, 2.75) is 19.0 Å². The van der Waals surface area contributed by atoms with E-state index in [0.717, 1.165) is 17.7 Å². The molecule has 0 unspecified atom stereocenters. The first-order valence-electron chi connectivity index (χ1n) is 8.60. The van der Waals surface area contributed by atoms with Gasteiger partial charge in [-0.3, -0.25) is 4.79 Å². The molecule has 152 valence electrons. The van der Waals surface area contributed by atoms with Gasteiger partial charge in [-0.2, -0.15) is 13.2 Å². The van der Waals surface area contributed by atoms with Gasteiger partial charge in [-0.25, -0.2) is 9.07 Å². The van der Waals surface area contributed by atoms with Crippen LogP contribution in [0.4, 0.5) is 17.6 Å². The third-order valence-corrected chi connectivity index (χ3v) is 4.07. The van der Waals surface area contributed by atoms with Crippen molar-refractivity contribution in [3.63, 3.8) is 0 Å². The van der Waals surface area contributed by atoms with Gasteiger partial charge in [0.1, 0.15) is 11.6 Å². The molecule has 2 aromatic carbocycles. The number of nitrogens with one attached hydrogen (secondary N) is 1. The van der Waals surface area contributed by atoms with Crippen molar-refractivity contribution in [2.75, 3.05) is 6.54 Å². The molecule has 10 heteroatoms. The number of aromatic nitrogens is 3. The maximum absolute atomic E-state index is 13.5. The van der Waals surface area contributed by atoms with Gasteiger partial charge in [-0.1, -0.05) is 23.4 Å². The van der Waals surface area contributed by atoms with Crippen molar-refractivity contribution in [3.05, 3.63) is 71.3 Å². The molecule has 0 saturated carbocycles. The Morgan fingerprint density at radius 1 is 1.14 bits per heavy atom. The van der Waals surface area contributed by atoms with Crippen molar-refractivity contribution in [1.29, 1.82) is 0 Å². The number of carbonyl (C=O) groups excluding carboxylic acids is 1. The fraction of sp³-hybridized carbons (Fsp3) is 0.211. The van der Waals surface area contributed by atoms with Crippen molar-refractivity contribution in [1.82, 2.24) is 20.3 Å². The van der Waals surface area contributed by atoms with Crippen LogP contribution in [0.15, 0.2) is 48.5 Å². The summed E-state index contributed by atoms with van der Waals surface area (Å²) in [4.78, 5) is 12.2. The summed E-state index contributed by atoms with van der Waals surface area (Å²) in [5, 5.41) is 18.4. The minimum absolute atomic E-state index is 0.115. The highest BCUT2D eigenvalue weighted by molar-refractivity contribution is 5.93. The van der Waals surface area contributed by atoms with Gasteiger partial charge in [-0.05, 0) is 48.7 Å². The van der Waals surface area contributed by atoms with E-state index in [1.807, 2.05) is 0 Å². The Balaban J connectivity index is 1.72. The highest BCUT2D eigenvalue weighted by Gasteiger charge is 2.42. The number of alkyl halides is 3. The van der Waals surface area contributed by atoms with Crippen LogP contribution < -0.4 is 5.32 Å². The first-order chi connectivity index (χ1) is 13.8. The summed E-state index contributed by atoms with van der Waals surface area (Å²) in [5.74, 6) is -1.64. The average molecular weight is 408 g/mol. The highest BCUT2D eigenvalue weighted by Crippen LogP contribution is 2.32. The zero-order chi connectivity index (χ0) is 21.0. The van der Waals surface area contributed by atoms with E-state index >= 15 is 0 Å². The maximum Gasteiger partial charge on any atom is 0.435 e. The van der Waals surface area contributed by atoms with Crippen LogP contribution in [0, 0.1) is 5.82 Å². The van der Waals surface area contributed by atoms with E-state index in [0.29, 0.717) is 17.5 Å². The molecule has 6 nitrogen and oxygen atoms in total. The number of phenolic OH excluding ortho intramolecular Hbond substituents is 1. The van der Waals surface area contributed by atoms with Gasteiger partial charge in [0, 0.05) is 6.54 Å². The van der Waals surface area contributed by atoms with Crippen molar-refractivity contribution >= 4 is 5.91 Å². The van der Waals surface area contributed by atoms with Gasteiger partial charge < -0.3 is 10.4 Å². The number of hydrogen-bond donors (Lipinski definition) is 2. The van der Waals surface area contributed by atoms with E-state index in [1.54, 1.807) is 12.1 Å². The van der Waals surface area contributed by atoms with E-state index in [-0.39, 0.29) is 18.0 Å². The highest BCUT2D eigenvalue weighted by atomic mass is 19.4. The minimum atomic E-state index is -4.92. The Morgan fingerprint density at radius 2 is 1.86 bits per heavy atom. The van der Waals surface area contributed by atoms with Gasteiger partial charge in [0.15, 0.2) is 11.4 Å². The molecule has 0 aliphatic heterocycles. The Bertz CT molecular complexity index is 1000. The lowest BCUT2D eigenvalue weighted by atomic mass is 10.1. The summed E-state index contributed by atoms with van der Waals surface area (Å²) in [7, 11) is 0. The number of aromatic hydroxyl groups is 1. The standard InChI is InChI=1S/C19H16F4N4O2/c20-13-4-1-5-14(11-13)27-17(19(21,22)23)16(25-26-27)18(29)24-10-2-3-12-6-8-15(28)9-7-12/h1,4-9,11,28H,2-3,10H2,(H,24,29). The number of aryl methyl sites for hydroxylation is 1. The average Bonchev–Trinajstić information content (AvgIpc) is 3.12. The van der Waals surface area contributed by atoms with Gasteiger partial charge in [0.2, 0.25) is 0 Å². The fourth-order valence-corrected chi connectivity index (χ4v) is 2.72. The molecule has 3 rings (SSSR count). The monoisotopic (exact) mass is 408 g/mol. The van der Waals surface area contributed by atoms with Crippen LogP contribution in [-0.2, 0) is 12.6 Å². The quantitative estimate of drug-likeness (QED) is 0.483. The third-order valence-electron chi connectivity index (χ3n) is 4.07. The third kappa shape index (κ3) is 4.89. The molecule has 2 N–H and O–H groups in total. The van der Waals surface area contributed by atoms with Crippen molar-refractivity contribution in [2.24, 2.45) is 0 Å². The Hall–Kier alpha value is -3.43. The number of rotatable bonds is 6. The summed E-state index contributed by atoms with van der Waals surface area (Å²) >= 11 is 0. The van der Waals surface area contributed by atoms with Crippen LogP contribution in [0.1, 0.15) is 28.2 Å². The van der Waals surface area contributed by atoms with Gasteiger partial charge in [0.05, 0.1) is 5.69 Å². The van der Waals surface area contributed by atoms with E-state index in [4.69, 9.17) is 0 Å². The van der Waals surface area contributed by atoms with Crippen LogP contribution in [0.2, 0.25) is 0 Å². The summed E-state index contributed by atoms with van der Waals surface area (Å²) in [6.07, 6.45) is -3.90. The second-order valence-electron chi connectivity index (χ2n) is 6.20. The Kier molecular flexibility index (Phi) is 5.81. The van der Waals surface area contributed by atoms with Gasteiger partial charge in [-0.15, -0.1) is 5.10 Å². The SMILES string of the molecule is O=C(NCCCc1ccc(O)cc1)c1nnn(-c2cccc(F)c2)c1C(F)(F)F. The fourth-order valence-electron chi connectivity index (χ4n) is 2.72. The van der Waals surface area contributed by atoms with Crippen LogP contribution in [0.5, 0.6) is 5.75 Å². The molecule has 0 saturated heterocycles. The molecule has 0 bridgehead atoms. The lowest BCUT2D eigenvalue weighted by molar-refractivity contribution is -0.143. The van der Waals surface area contributed by atoms with Crippen molar-refractivity contribution < 1.29 is 27.5 Å². The molecule has 0 aliphatic rings. The Labute approximate surface area is 162 Å². The van der Waals surface area contributed by atoms with Crippen molar-refractivity contribution in [3.8, 4) is 11.4 Å². The lowest BCUT2D eigenvalue weighted by Crippen LogP contribution is -2.28. The number of amides is 1. The molecule has 0 aliphatic carbocycles. The topological polar surface area (TPSA) is 80.0 Å². The van der Waals surface area contributed by atoms with Crippen LogP contribution in [-0.4, -0.2) is 32.6 Å². The second-order valence-corrected chi connectivity index (χ2v) is 6.20. The predicted molar refractivity (Wildman–Crippen MR) is 95.1 cm³/mol. The van der Waals surface area contributed by atoms with E-state index in [9.17, 15) is 27.5 Å². The molecule has 1 aromatic heterocycles. The van der Waals surface area contributed by atoms with Gasteiger partial charge >= 0.3 is 6.18 Å². The molecule has 3 aromatic rings. The number of nitrogens with zero attached hydrogens (tertiary/aromatic N) is 3. The van der Waals surface area contributed by atoms with E-state index in [1.165, 1.54) is 24.3 Å². The van der Waals surface area contributed by atoms with E-state index < -0.39 is 29.3 Å². The first-order valence-corrected chi connectivity index (χ1v) is 8.60. The molecule has 0 radical (unpaired) electrons. The maximum atomic E-state index is 13.5. The Morgan fingerprint density at radius 3 is 2.52 bits per heavy atom. The predicted octanol–water partition coefficient (Wildman–Crippen LogP) is 3.49. The largest absolute Gasteiger partial charge is 0.508 e. The smallest absolute Gasteiger partial charge is 0.435 e. The first kappa shape index (κ1) is 20.3. The summed E-state index contributed by atoms with van der Waals surface area (Å²) in [5.41, 5.74) is -1.55. The van der Waals surface area contributed by atoms with Crippen LogP contribution in [0.3, 0.4) is 0 Å². The molecule has 29 heavy (non-hydrogen) atoms. The molecule has 1 amide bonds. The molecular weight excluding hydrogens is 392 g/mol. The zero-order valence-corrected chi connectivity index (χ0v) is 14.9. The summed E-state index contributed by atoms with van der Waals surface area (Å²) in [6, 6.07) is 10.9. The number of halogens is 4. The number of benzene rings is 2. The molecule has 0 spiro atoms. The number of hydrogen-bond acceptors (Lipinski definition) is 4. The molecule has 0 atom stereocenters. The summed E-state index contributed by atoms with van der Waals surface area (Å²) < 4.78 is 54.4. The van der Waals surface area contributed by atoms with Crippen LogP contribution in [0.25, 0.3) is 5.69 Å². The van der Waals surface area contributed by atoms with E-state index in [2.05, 4.69) is 15.6 Å². The zero-order valence-electron chi connectivity index (χ0n) is 14.9. The molecule has 1 heterocycles. The van der Waals surface area contributed by atoms with Gasteiger partial charge in [0.25, 0.3) is 5.91 Å².